The third-order valence-corrected chi connectivity index (χ3v) is 2.52. The van der Waals surface area contributed by atoms with Gasteiger partial charge in [0.25, 0.3) is 11.6 Å². The SMILES string of the molecule is CCN(CCCl)C(=O)c1ccc([N+](=O)[O-])cc1. The van der Waals surface area contributed by atoms with Crippen molar-refractivity contribution < 1.29 is 9.72 Å². The van der Waals surface area contributed by atoms with Gasteiger partial charge >= 0.3 is 0 Å². The second kappa shape index (κ2) is 6.20. The van der Waals surface area contributed by atoms with Gasteiger partial charge in [0.1, 0.15) is 0 Å². The van der Waals surface area contributed by atoms with Crippen molar-refractivity contribution in [3.8, 4) is 0 Å². The Labute approximate surface area is 104 Å². The fourth-order valence-electron chi connectivity index (χ4n) is 1.41. The number of nitrogens with zero attached hydrogens (tertiary/aromatic N) is 2. The maximum Gasteiger partial charge on any atom is 0.269 e. The van der Waals surface area contributed by atoms with Crippen molar-refractivity contribution in [2.45, 2.75) is 6.92 Å². The third-order valence-electron chi connectivity index (χ3n) is 2.35. The molecule has 1 aromatic rings. The zero-order chi connectivity index (χ0) is 12.8. The van der Waals surface area contributed by atoms with E-state index in [2.05, 4.69) is 0 Å². The summed E-state index contributed by atoms with van der Waals surface area (Å²) in [6.07, 6.45) is 0. The highest BCUT2D eigenvalue weighted by Crippen LogP contribution is 2.13. The van der Waals surface area contributed by atoms with Crippen LogP contribution in [0.5, 0.6) is 0 Å². The number of nitro benzene ring substituents is 1. The fourth-order valence-corrected chi connectivity index (χ4v) is 1.62. The van der Waals surface area contributed by atoms with E-state index >= 15 is 0 Å². The van der Waals surface area contributed by atoms with Crippen LogP contribution in [0.3, 0.4) is 0 Å². The molecule has 0 aliphatic carbocycles. The molecule has 17 heavy (non-hydrogen) atoms. The summed E-state index contributed by atoms with van der Waals surface area (Å²) in [4.78, 5) is 23.5. The molecule has 0 aliphatic heterocycles. The number of non-ortho nitro benzene ring substituents is 1. The van der Waals surface area contributed by atoms with Crippen molar-refractivity contribution in [3.63, 3.8) is 0 Å². The Hall–Kier alpha value is -1.62. The Kier molecular flexibility index (Phi) is 4.90. The maximum atomic E-state index is 11.9. The molecule has 0 bridgehead atoms. The van der Waals surface area contributed by atoms with Gasteiger partial charge in [-0.1, -0.05) is 0 Å². The summed E-state index contributed by atoms with van der Waals surface area (Å²) in [7, 11) is 0. The number of carbonyl (C=O) groups is 1. The van der Waals surface area contributed by atoms with Gasteiger partial charge in [0.15, 0.2) is 0 Å². The lowest BCUT2D eigenvalue weighted by Crippen LogP contribution is -2.32. The zero-order valence-corrected chi connectivity index (χ0v) is 10.2. The average molecular weight is 257 g/mol. The standard InChI is InChI=1S/C11H13ClN2O3/c1-2-13(8-7-12)11(15)9-3-5-10(6-4-9)14(16)17/h3-6H,2,7-8H2,1H3. The normalized spacial score (nSPS) is 10.0. The number of benzene rings is 1. The molecule has 0 atom stereocenters. The molecule has 0 radical (unpaired) electrons. The lowest BCUT2D eigenvalue weighted by atomic mass is 10.2. The molecule has 0 unspecified atom stereocenters. The minimum atomic E-state index is -0.495. The molecule has 6 heteroatoms. The van der Waals surface area contributed by atoms with Crippen molar-refractivity contribution in [1.82, 2.24) is 4.90 Å². The quantitative estimate of drug-likeness (QED) is 0.461. The molecule has 92 valence electrons. The van der Waals surface area contributed by atoms with Crippen molar-refractivity contribution in [2.75, 3.05) is 19.0 Å². The van der Waals surface area contributed by atoms with Gasteiger partial charge in [-0.25, -0.2) is 0 Å². The van der Waals surface area contributed by atoms with E-state index in [1.807, 2.05) is 6.92 Å². The molecule has 0 heterocycles. The summed E-state index contributed by atoms with van der Waals surface area (Å²) in [6.45, 7) is 2.88. The van der Waals surface area contributed by atoms with Crippen LogP contribution in [0.15, 0.2) is 24.3 Å². The second-order valence-corrected chi connectivity index (χ2v) is 3.76. The molecule has 0 N–H and O–H groups in total. The van der Waals surface area contributed by atoms with E-state index in [1.165, 1.54) is 24.3 Å². The van der Waals surface area contributed by atoms with Crippen LogP contribution in [-0.2, 0) is 0 Å². The van der Waals surface area contributed by atoms with Gasteiger partial charge in [0.05, 0.1) is 4.92 Å². The van der Waals surface area contributed by atoms with Crippen molar-refractivity contribution in [1.29, 1.82) is 0 Å². The lowest BCUT2D eigenvalue weighted by Gasteiger charge is -2.19. The van der Waals surface area contributed by atoms with Gasteiger partial charge in [-0.15, -0.1) is 11.6 Å². The van der Waals surface area contributed by atoms with Crippen molar-refractivity contribution in [3.05, 3.63) is 39.9 Å². The van der Waals surface area contributed by atoms with Crippen LogP contribution >= 0.6 is 11.6 Å². The summed E-state index contributed by atoms with van der Waals surface area (Å²) in [5.41, 5.74) is 0.407. The monoisotopic (exact) mass is 256 g/mol. The van der Waals surface area contributed by atoms with Crippen LogP contribution in [0.4, 0.5) is 5.69 Å². The summed E-state index contributed by atoms with van der Waals surface area (Å²) in [5.74, 6) is 0.204. The second-order valence-electron chi connectivity index (χ2n) is 3.38. The third kappa shape index (κ3) is 3.42. The van der Waals surface area contributed by atoms with Crippen LogP contribution in [0, 0.1) is 10.1 Å². The molecule has 0 aliphatic rings. The Balaban J connectivity index is 2.85. The predicted octanol–water partition coefficient (Wildman–Crippen LogP) is 2.30. The lowest BCUT2D eigenvalue weighted by molar-refractivity contribution is -0.384. The first-order valence-corrected chi connectivity index (χ1v) is 5.73. The number of nitro groups is 1. The first kappa shape index (κ1) is 13.4. The van der Waals surface area contributed by atoms with Crippen LogP contribution < -0.4 is 0 Å². The van der Waals surface area contributed by atoms with Gasteiger partial charge in [0, 0.05) is 36.7 Å². The molecule has 1 amide bonds. The van der Waals surface area contributed by atoms with Gasteiger partial charge in [-0.05, 0) is 19.1 Å². The highest BCUT2D eigenvalue weighted by molar-refractivity contribution is 6.18. The van der Waals surface area contributed by atoms with Crippen LogP contribution in [0.2, 0.25) is 0 Å². The smallest absolute Gasteiger partial charge is 0.269 e. The fraction of sp³-hybridized carbons (Fsp3) is 0.364. The van der Waals surface area contributed by atoms with Gasteiger partial charge in [0.2, 0.25) is 0 Å². The summed E-state index contributed by atoms with van der Waals surface area (Å²) in [6, 6.07) is 5.55. The van der Waals surface area contributed by atoms with Gasteiger partial charge in [-0.3, -0.25) is 14.9 Å². The Bertz CT molecular complexity index is 406. The van der Waals surface area contributed by atoms with Crippen molar-refractivity contribution in [2.24, 2.45) is 0 Å². The maximum absolute atomic E-state index is 11.9. The van der Waals surface area contributed by atoms with E-state index in [0.29, 0.717) is 24.5 Å². The van der Waals surface area contributed by atoms with E-state index in [4.69, 9.17) is 11.6 Å². The number of hydrogen-bond donors (Lipinski definition) is 0. The van der Waals surface area contributed by atoms with Gasteiger partial charge in [-0.2, -0.15) is 0 Å². The minimum Gasteiger partial charge on any atom is -0.338 e. The van der Waals surface area contributed by atoms with E-state index in [-0.39, 0.29) is 11.6 Å². The molecule has 0 fully saturated rings. The zero-order valence-electron chi connectivity index (χ0n) is 9.43. The Morgan fingerprint density at radius 2 is 2.00 bits per heavy atom. The largest absolute Gasteiger partial charge is 0.338 e. The van der Waals surface area contributed by atoms with E-state index < -0.39 is 4.92 Å². The average Bonchev–Trinajstić information content (AvgIpc) is 2.35. The number of hydrogen-bond acceptors (Lipinski definition) is 3. The number of alkyl halides is 1. The first-order valence-electron chi connectivity index (χ1n) is 5.19. The molecule has 1 aromatic carbocycles. The van der Waals surface area contributed by atoms with Crippen LogP contribution in [0.25, 0.3) is 0 Å². The molecule has 0 saturated carbocycles. The van der Waals surface area contributed by atoms with E-state index in [9.17, 15) is 14.9 Å². The molecular weight excluding hydrogens is 244 g/mol. The summed E-state index contributed by atoms with van der Waals surface area (Å²) < 4.78 is 0. The number of halogens is 1. The number of carbonyl (C=O) groups excluding carboxylic acids is 1. The number of amides is 1. The summed E-state index contributed by atoms with van der Waals surface area (Å²) in [5, 5.41) is 10.5. The summed E-state index contributed by atoms with van der Waals surface area (Å²) >= 11 is 5.59. The predicted molar refractivity (Wildman–Crippen MR) is 65.4 cm³/mol. The highest BCUT2D eigenvalue weighted by Gasteiger charge is 2.14. The van der Waals surface area contributed by atoms with Crippen LogP contribution in [-0.4, -0.2) is 34.7 Å². The molecule has 0 spiro atoms. The molecule has 0 aromatic heterocycles. The van der Waals surface area contributed by atoms with Crippen molar-refractivity contribution >= 4 is 23.2 Å². The Morgan fingerprint density at radius 1 is 1.41 bits per heavy atom. The number of rotatable bonds is 5. The minimum absolute atomic E-state index is 0.0260. The van der Waals surface area contributed by atoms with E-state index in [1.54, 1.807) is 4.90 Å². The highest BCUT2D eigenvalue weighted by atomic mass is 35.5. The van der Waals surface area contributed by atoms with E-state index in [0.717, 1.165) is 0 Å². The van der Waals surface area contributed by atoms with Crippen LogP contribution in [0.1, 0.15) is 17.3 Å². The van der Waals surface area contributed by atoms with Gasteiger partial charge < -0.3 is 4.90 Å². The molecule has 5 nitrogen and oxygen atoms in total. The Morgan fingerprint density at radius 3 is 2.41 bits per heavy atom. The molecule has 0 saturated heterocycles. The molecule has 1 rings (SSSR count). The molecular formula is C11H13ClN2O3. The topological polar surface area (TPSA) is 63.5 Å². The first-order chi connectivity index (χ1) is 8.10.